The standard InChI is InChI=1S/C18H29N3O3/c1-18(2,3)14-8-12-20(13-9-14)17(24)19-10-4-5-11-21-15(22)6-7-16(21)23/h6-7,14H,4-5,8-13H2,1-3H3,(H,19,24). The molecule has 0 aliphatic carbocycles. The molecule has 134 valence electrons. The molecular formula is C18H29N3O3. The molecule has 2 heterocycles. The number of urea groups is 1. The second-order valence-corrected chi connectivity index (χ2v) is 7.73. The van der Waals surface area contributed by atoms with Crippen molar-refractivity contribution in [2.75, 3.05) is 26.2 Å². The van der Waals surface area contributed by atoms with E-state index in [1.807, 2.05) is 4.90 Å². The molecule has 2 aliphatic heterocycles. The van der Waals surface area contributed by atoms with Crippen molar-refractivity contribution >= 4 is 17.8 Å². The van der Waals surface area contributed by atoms with E-state index in [1.54, 1.807) is 0 Å². The minimum atomic E-state index is -0.245. The summed E-state index contributed by atoms with van der Waals surface area (Å²) in [4.78, 5) is 38.1. The zero-order valence-corrected chi connectivity index (χ0v) is 15.0. The fraction of sp³-hybridized carbons (Fsp3) is 0.722. The van der Waals surface area contributed by atoms with Gasteiger partial charge in [-0.25, -0.2) is 4.79 Å². The Balaban J connectivity index is 1.59. The normalized spacial score (nSPS) is 19.3. The third kappa shape index (κ3) is 4.82. The monoisotopic (exact) mass is 335 g/mol. The summed E-state index contributed by atoms with van der Waals surface area (Å²) >= 11 is 0. The first-order chi connectivity index (χ1) is 11.3. The van der Waals surface area contributed by atoms with Crippen LogP contribution in [0.1, 0.15) is 46.5 Å². The van der Waals surface area contributed by atoms with Crippen LogP contribution in [-0.4, -0.2) is 53.8 Å². The number of nitrogens with one attached hydrogen (secondary N) is 1. The highest BCUT2D eigenvalue weighted by Gasteiger charge is 2.30. The van der Waals surface area contributed by atoms with Gasteiger partial charge in [-0.15, -0.1) is 0 Å². The van der Waals surface area contributed by atoms with Crippen molar-refractivity contribution in [2.45, 2.75) is 46.5 Å². The van der Waals surface area contributed by atoms with Gasteiger partial charge in [-0.3, -0.25) is 14.5 Å². The fourth-order valence-electron chi connectivity index (χ4n) is 3.30. The number of hydrogen-bond donors (Lipinski definition) is 1. The van der Waals surface area contributed by atoms with E-state index in [-0.39, 0.29) is 17.8 Å². The highest BCUT2D eigenvalue weighted by atomic mass is 16.2. The van der Waals surface area contributed by atoms with Crippen LogP contribution < -0.4 is 5.32 Å². The topological polar surface area (TPSA) is 69.7 Å². The van der Waals surface area contributed by atoms with Gasteiger partial charge in [0, 0.05) is 38.3 Å². The van der Waals surface area contributed by atoms with Gasteiger partial charge in [0.25, 0.3) is 11.8 Å². The van der Waals surface area contributed by atoms with Crippen molar-refractivity contribution in [3.8, 4) is 0 Å². The lowest BCUT2D eigenvalue weighted by molar-refractivity contribution is -0.136. The number of amides is 4. The van der Waals surface area contributed by atoms with Crippen molar-refractivity contribution in [1.29, 1.82) is 0 Å². The van der Waals surface area contributed by atoms with E-state index in [2.05, 4.69) is 26.1 Å². The SMILES string of the molecule is CC(C)(C)C1CCN(C(=O)NCCCCN2C(=O)C=CC2=O)CC1. The van der Waals surface area contributed by atoms with Gasteiger partial charge in [-0.05, 0) is 37.0 Å². The molecule has 6 heteroatoms. The van der Waals surface area contributed by atoms with Crippen LogP contribution in [-0.2, 0) is 9.59 Å². The van der Waals surface area contributed by atoms with E-state index in [4.69, 9.17) is 0 Å². The van der Waals surface area contributed by atoms with Gasteiger partial charge in [0.15, 0.2) is 0 Å². The average Bonchev–Trinajstić information content (AvgIpc) is 2.85. The molecule has 6 nitrogen and oxygen atoms in total. The Kier molecular flexibility index (Phi) is 6.02. The van der Waals surface area contributed by atoms with Gasteiger partial charge in [-0.2, -0.15) is 0 Å². The van der Waals surface area contributed by atoms with Crippen molar-refractivity contribution in [3.63, 3.8) is 0 Å². The summed E-state index contributed by atoms with van der Waals surface area (Å²) in [6.07, 6.45) is 6.16. The number of imide groups is 1. The maximum Gasteiger partial charge on any atom is 0.317 e. The number of carbonyl (C=O) groups is 3. The number of likely N-dealkylation sites (tertiary alicyclic amines) is 1. The smallest absolute Gasteiger partial charge is 0.317 e. The van der Waals surface area contributed by atoms with Gasteiger partial charge in [0.1, 0.15) is 0 Å². The molecule has 0 saturated carbocycles. The minimum Gasteiger partial charge on any atom is -0.338 e. The first-order valence-corrected chi connectivity index (χ1v) is 8.85. The molecule has 0 bridgehead atoms. The van der Waals surface area contributed by atoms with Crippen LogP contribution in [0, 0.1) is 11.3 Å². The highest BCUT2D eigenvalue weighted by Crippen LogP contribution is 2.34. The molecule has 1 fully saturated rings. The van der Waals surface area contributed by atoms with Gasteiger partial charge in [0.05, 0.1) is 0 Å². The molecule has 0 unspecified atom stereocenters. The zero-order chi connectivity index (χ0) is 17.7. The van der Waals surface area contributed by atoms with Gasteiger partial charge in [0.2, 0.25) is 0 Å². The first-order valence-electron chi connectivity index (χ1n) is 8.85. The van der Waals surface area contributed by atoms with E-state index in [1.165, 1.54) is 17.1 Å². The summed E-state index contributed by atoms with van der Waals surface area (Å²) in [7, 11) is 0. The molecule has 0 atom stereocenters. The Morgan fingerprint density at radius 1 is 1.12 bits per heavy atom. The summed E-state index contributed by atoms with van der Waals surface area (Å²) < 4.78 is 0. The summed E-state index contributed by atoms with van der Waals surface area (Å²) in [6.45, 7) is 9.40. The van der Waals surface area contributed by atoms with E-state index in [0.717, 1.165) is 32.4 Å². The maximum atomic E-state index is 12.2. The van der Waals surface area contributed by atoms with E-state index < -0.39 is 0 Å². The van der Waals surface area contributed by atoms with Gasteiger partial charge < -0.3 is 10.2 Å². The van der Waals surface area contributed by atoms with Gasteiger partial charge in [-0.1, -0.05) is 20.8 Å². The van der Waals surface area contributed by atoms with Crippen LogP contribution in [0.25, 0.3) is 0 Å². The first kappa shape index (κ1) is 18.5. The molecule has 0 spiro atoms. The van der Waals surface area contributed by atoms with Crippen molar-refractivity contribution in [3.05, 3.63) is 12.2 Å². The molecule has 0 radical (unpaired) electrons. The third-order valence-corrected chi connectivity index (χ3v) is 4.99. The molecule has 0 aromatic rings. The van der Waals surface area contributed by atoms with E-state index in [9.17, 15) is 14.4 Å². The maximum absolute atomic E-state index is 12.2. The second kappa shape index (κ2) is 7.81. The lowest BCUT2D eigenvalue weighted by Gasteiger charge is -2.38. The Bertz CT molecular complexity index is 496. The molecule has 4 amide bonds. The van der Waals surface area contributed by atoms with Crippen molar-refractivity contribution < 1.29 is 14.4 Å². The fourth-order valence-corrected chi connectivity index (χ4v) is 3.30. The number of piperidine rings is 1. The Labute approximate surface area is 144 Å². The van der Waals surface area contributed by atoms with Crippen molar-refractivity contribution in [2.24, 2.45) is 11.3 Å². The summed E-state index contributed by atoms with van der Waals surface area (Å²) in [5.41, 5.74) is 0.307. The largest absolute Gasteiger partial charge is 0.338 e. The van der Waals surface area contributed by atoms with E-state index >= 15 is 0 Å². The van der Waals surface area contributed by atoms with Crippen LogP contribution >= 0.6 is 0 Å². The number of carbonyl (C=O) groups excluding carboxylic acids is 3. The average molecular weight is 335 g/mol. The van der Waals surface area contributed by atoms with Crippen molar-refractivity contribution in [1.82, 2.24) is 15.1 Å². The summed E-state index contributed by atoms with van der Waals surface area (Å²) in [5, 5.41) is 2.94. The molecule has 1 N–H and O–H groups in total. The molecule has 0 aromatic carbocycles. The van der Waals surface area contributed by atoms with E-state index in [0.29, 0.717) is 30.8 Å². The zero-order valence-electron chi connectivity index (χ0n) is 15.0. The number of hydrogen-bond acceptors (Lipinski definition) is 3. The molecule has 1 saturated heterocycles. The predicted molar refractivity (Wildman–Crippen MR) is 92.2 cm³/mol. The predicted octanol–water partition coefficient (Wildman–Crippen LogP) is 2.16. The Morgan fingerprint density at radius 3 is 2.25 bits per heavy atom. The Morgan fingerprint density at radius 2 is 1.71 bits per heavy atom. The lowest BCUT2D eigenvalue weighted by Crippen LogP contribution is -2.46. The molecule has 24 heavy (non-hydrogen) atoms. The Hall–Kier alpha value is -1.85. The summed E-state index contributed by atoms with van der Waals surface area (Å²) in [5.74, 6) is 0.183. The van der Waals surface area contributed by atoms with Crippen LogP contribution in [0.2, 0.25) is 0 Å². The molecule has 2 aliphatic rings. The lowest BCUT2D eigenvalue weighted by atomic mass is 9.75. The minimum absolute atomic E-state index is 0.00245. The second-order valence-electron chi connectivity index (χ2n) is 7.73. The quantitative estimate of drug-likeness (QED) is 0.618. The number of unbranched alkanes of at least 4 members (excludes halogenated alkanes) is 1. The van der Waals surface area contributed by atoms with Crippen LogP contribution in [0.5, 0.6) is 0 Å². The van der Waals surface area contributed by atoms with Gasteiger partial charge >= 0.3 is 6.03 Å². The summed E-state index contributed by atoms with van der Waals surface area (Å²) in [6, 6.07) is -0.00245. The highest BCUT2D eigenvalue weighted by molar-refractivity contribution is 6.12. The third-order valence-electron chi connectivity index (χ3n) is 4.99. The molecular weight excluding hydrogens is 306 g/mol. The number of nitrogens with zero attached hydrogens (tertiary/aromatic N) is 2. The van der Waals surface area contributed by atoms with Crippen LogP contribution in [0.4, 0.5) is 4.79 Å². The number of rotatable bonds is 5. The molecule has 2 rings (SSSR count). The van der Waals surface area contributed by atoms with Crippen LogP contribution in [0.15, 0.2) is 12.2 Å². The van der Waals surface area contributed by atoms with Crippen LogP contribution in [0.3, 0.4) is 0 Å². The molecule has 0 aromatic heterocycles.